The summed E-state index contributed by atoms with van der Waals surface area (Å²) >= 11 is 0. The molecule has 0 bridgehead atoms. The van der Waals surface area contributed by atoms with Gasteiger partial charge < -0.3 is 19.3 Å². The normalized spacial score (nSPS) is 13.9. The van der Waals surface area contributed by atoms with Crippen LogP contribution in [0.3, 0.4) is 0 Å². The molecule has 0 unspecified atom stereocenters. The number of fused-ring (bicyclic) bond motifs is 1. The third-order valence-electron chi connectivity index (χ3n) is 4.36. The largest absolute Gasteiger partial charge is 0.482 e. The van der Waals surface area contributed by atoms with Crippen molar-refractivity contribution in [3.05, 3.63) is 60.2 Å². The fourth-order valence-electron chi connectivity index (χ4n) is 2.92. The molecule has 7 heteroatoms. The molecular weight excluding hydrogens is 360 g/mol. The molecule has 28 heavy (non-hydrogen) atoms. The SMILES string of the molecule is CN(C)C(=O)[C@@H](OC(=O)CCN1C(=O)COc2ccccc21)c1ccccc1. The molecule has 146 valence electrons. The minimum atomic E-state index is -1.02. The van der Waals surface area contributed by atoms with Crippen LogP contribution >= 0.6 is 0 Å². The lowest BCUT2D eigenvalue weighted by atomic mass is 10.1. The Morgan fingerprint density at radius 2 is 1.79 bits per heavy atom. The van der Waals surface area contributed by atoms with Gasteiger partial charge in [0.25, 0.3) is 11.8 Å². The second kappa shape index (κ2) is 8.56. The lowest BCUT2D eigenvalue weighted by molar-refractivity contribution is -0.159. The monoisotopic (exact) mass is 382 g/mol. The predicted octanol–water partition coefficient (Wildman–Crippen LogP) is 2.17. The molecule has 0 spiro atoms. The predicted molar refractivity (Wildman–Crippen MR) is 103 cm³/mol. The van der Waals surface area contributed by atoms with Crippen molar-refractivity contribution in [1.82, 2.24) is 4.90 Å². The number of likely N-dealkylation sites (N-methyl/N-ethyl adjacent to an activating group) is 1. The van der Waals surface area contributed by atoms with Crippen molar-refractivity contribution in [3.8, 4) is 5.75 Å². The Bertz CT molecular complexity index is 866. The Kier molecular flexibility index (Phi) is 5.93. The summed E-state index contributed by atoms with van der Waals surface area (Å²) < 4.78 is 10.9. The molecule has 0 radical (unpaired) electrons. The molecule has 1 aliphatic heterocycles. The van der Waals surface area contributed by atoms with Gasteiger partial charge in [0, 0.05) is 26.2 Å². The third kappa shape index (κ3) is 4.31. The first-order valence-electron chi connectivity index (χ1n) is 8.95. The molecule has 2 aromatic rings. The van der Waals surface area contributed by atoms with Gasteiger partial charge >= 0.3 is 5.97 Å². The zero-order valence-corrected chi connectivity index (χ0v) is 15.8. The van der Waals surface area contributed by atoms with Crippen LogP contribution in [-0.2, 0) is 19.1 Å². The zero-order valence-electron chi connectivity index (χ0n) is 15.8. The van der Waals surface area contributed by atoms with Gasteiger partial charge in [-0.1, -0.05) is 42.5 Å². The molecule has 0 saturated carbocycles. The van der Waals surface area contributed by atoms with Crippen molar-refractivity contribution in [2.45, 2.75) is 12.5 Å². The van der Waals surface area contributed by atoms with Crippen LogP contribution in [0.1, 0.15) is 18.1 Å². The van der Waals surface area contributed by atoms with Crippen LogP contribution < -0.4 is 9.64 Å². The number of carbonyl (C=O) groups excluding carboxylic acids is 3. The van der Waals surface area contributed by atoms with Crippen molar-refractivity contribution in [1.29, 1.82) is 0 Å². The van der Waals surface area contributed by atoms with E-state index in [1.54, 1.807) is 56.6 Å². The fourth-order valence-corrected chi connectivity index (χ4v) is 2.92. The highest BCUT2D eigenvalue weighted by molar-refractivity contribution is 5.98. The molecule has 0 N–H and O–H groups in total. The van der Waals surface area contributed by atoms with Gasteiger partial charge in [-0.05, 0) is 12.1 Å². The van der Waals surface area contributed by atoms with E-state index in [0.29, 0.717) is 17.0 Å². The minimum Gasteiger partial charge on any atom is -0.482 e. The molecule has 0 saturated heterocycles. The van der Waals surface area contributed by atoms with Crippen molar-refractivity contribution in [2.24, 2.45) is 0 Å². The van der Waals surface area contributed by atoms with Crippen LogP contribution in [0.2, 0.25) is 0 Å². The molecule has 0 aromatic heterocycles. The molecule has 1 heterocycles. The number of hydrogen-bond donors (Lipinski definition) is 0. The van der Waals surface area contributed by atoms with Crippen LogP contribution in [0.4, 0.5) is 5.69 Å². The minimum absolute atomic E-state index is 0.0376. The van der Waals surface area contributed by atoms with Crippen LogP contribution in [0.25, 0.3) is 0 Å². The van der Waals surface area contributed by atoms with Crippen LogP contribution in [-0.4, -0.2) is 49.9 Å². The summed E-state index contributed by atoms with van der Waals surface area (Å²) in [4.78, 5) is 40.0. The highest BCUT2D eigenvalue weighted by Crippen LogP contribution is 2.31. The fraction of sp³-hybridized carbons (Fsp3) is 0.286. The van der Waals surface area contributed by atoms with E-state index in [0.717, 1.165) is 0 Å². The number of rotatable bonds is 6. The first-order valence-corrected chi connectivity index (χ1v) is 8.95. The summed E-state index contributed by atoms with van der Waals surface area (Å²) in [5.74, 6) is -0.510. The summed E-state index contributed by atoms with van der Waals surface area (Å²) in [6.07, 6.45) is -1.05. The van der Waals surface area contributed by atoms with Crippen molar-refractivity contribution in [2.75, 3.05) is 32.1 Å². The zero-order chi connectivity index (χ0) is 20.1. The number of esters is 1. The Morgan fingerprint density at radius 3 is 2.50 bits per heavy atom. The number of carbonyl (C=O) groups is 3. The van der Waals surface area contributed by atoms with Crippen molar-refractivity contribution >= 4 is 23.5 Å². The van der Waals surface area contributed by atoms with E-state index in [2.05, 4.69) is 0 Å². The summed E-state index contributed by atoms with van der Waals surface area (Å²) in [7, 11) is 3.21. The van der Waals surface area contributed by atoms with E-state index in [-0.39, 0.29) is 31.4 Å². The number of anilines is 1. The van der Waals surface area contributed by atoms with E-state index in [4.69, 9.17) is 9.47 Å². The highest BCUT2D eigenvalue weighted by Gasteiger charge is 2.29. The highest BCUT2D eigenvalue weighted by atomic mass is 16.5. The summed E-state index contributed by atoms with van der Waals surface area (Å²) in [6.45, 7) is 0.0769. The van der Waals surface area contributed by atoms with Gasteiger partial charge in [0.05, 0.1) is 12.1 Å². The summed E-state index contributed by atoms with van der Waals surface area (Å²) in [6, 6.07) is 16.0. The maximum Gasteiger partial charge on any atom is 0.308 e. The van der Waals surface area contributed by atoms with Crippen LogP contribution in [0.5, 0.6) is 5.75 Å². The second-order valence-corrected chi connectivity index (χ2v) is 6.57. The van der Waals surface area contributed by atoms with Gasteiger partial charge in [0.2, 0.25) is 6.10 Å². The van der Waals surface area contributed by atoms with E-state index in [9.17, 15) is 14.4 Å². The van der Waals surface area contributed by atoms with Gasteiger partial charge in [-0.25, -0.2) is 0 Å². The molecule has 2 amide bonds. The van der Waals surface area contributed by atoms with Crippen LogP contribution in [0, 0.1) is 0 Å². The van der Waals surface area contributed by atoms with Gasteiger partial charge in [-0.15, -0.1) is 0 Å². The average molecular weight is 382 g/mol. The molecule has 1 aliphatic rings. The van der Waals surface area contributed by atoms with E-state index >= 15 is 0 Å². The van der Waals surface area contributed by atoms with Gasteiger partial charge in [0.1, 0.15) is 5.75 Å². The van der Waals surface area contributed by atoms with Gasteiger partial charge in [-0.3, -0.25) is 14.4 Å². The Balaban J connectivity index is 1.69. The van der Waals surface area contributed by atoms with E-state index in [1.165, 1.54) is 9.80 Å². The molecular formula is C21H22N2O5. The number of benzene rings is 2. The molecule has 7 nitrogen and oxygen atoms in total. The first-order chi connectivity index (χ1) is 13.5. The number of ether oxygens (including phenoxy) is 2. The Hall–Kier alpha value is -3.35. The summed E-state index contributed by atoms with van der Waals surface area (Å²) in [5.41, 5.74) is 1.22. The molecule has 2 aromatic carbocycles. The van der Waals surface area contributed by atoms with Crippen molar-refractivity contribution in [3.63, 3.8) is 0 Å². The Morgan fingerprint density at radius 1 is 1.11 bits per heavy atom. The van der Waals surface area contributed by atoms with Crippen molar-refractivity contribution < 1.29 is 23.9 Å². The Labute approximate surface area is 163 Å². The number of hydrogen-bond acceptors (Lipinski definition) is 5. The maximum atomic E-state index is 12.5. The standard InChI is InChI=1S/C21H22N2O5/c1-22(2)21(26)20(15-8-4-3-5-9-15)28-19(25)12-13-23-16-10-6-7-11-17(16)27-14-18(23)24/h3-11,20H,12-14H2,1-2H3/t20-/m0/s1. The summed E-state index contributed by atoms with van der Waals surface area (Å²) in [5, 5.41) is 0. The van der Waals surface area contributed by atoms with E-state index < -0.39 is 12.1 Å². The lowest BCUT2D eigenvalue weighted by Gasteiger charge is -2.29. The molecule has 1 atom stereocenters. The number of nitrogens with zero attached hydrogens (tertiary/aromatic N) is 2. The van der Waals surface area contributed by atoms with Gasteiger partial charge in [0.15, 0.2) is 6.61 Å². The number of amides is 2. The maximum absolute atomic E-state index is 12.5. The third-order valence-corrected chi connectivity index (χ3v) is 4.36. The average Bonchev–Trinajstić information content (AvgIpc) is 2.71. The smallest absolute Gasteiger partial charge is 0.308 e. The molecule has 3 rings (SSSR count). The van der Waals surface area contributed by atoms with Gasteiger partial charge in [-0.2, -0.15) is 0 Å². The van der Waals surface area contributed by atoms with Crippen LogP contribution in [0.15, 0.2) is 54.6 Å². The number of para-hydroxylation sites is 2. The first kappa shape index (κ1) is 19.4. The second-order valence-electron chi connectivity index (χ2n) is 6.57. The molecule has 0 fully saturated rings. The molecule has 0 aliphatic carbocycles. The lowest BCUT2D eigenvalue weighted by Crippen LogP contribution is -2.40. The quantitative estimate of drug-likeness (QED) is 0.716. The van der Waals surface area contributed by atoms with E-state index in [1.807, 2.05) is 12.1 Å². The topological polar surface area (TPSA) is 76.2 Å².